The highest BCUT2D eigenvalue weighted by Crippen LogP contribution is 2.27. The molecule has 0 spiro atoms. The third-order valence-electron chi connectivity index (χ3n) is 6.16. The van der Waals surface area contributed by atoms with Crippen molar-refractivity contribution in [3.63, 3.8) is 0 Å². The van der Waals surface area contributed by atoms with Gasteiger partial charge in [-0.2, -0.15) is 4.99 Å². The maximum atomic E-state index is 5.48. The Bertz CT molecular complexity index is 866. The van der Waals surface area contributed by atoms with Crippen LogP contribution in [0.15, 0.2) is 51.6 Å². The van der Waals surface area contributed by atoms with Gasteiger partial charge in [0.1, 0.15) is 0 Å². The molecular formula is C22H31N7OS. The predicted molar refractivity (Wildman–Crippen MR) is 126 cm³/mol. The van der Waals surface area contributed by atoms with Crippen LogP contribution in [0.4, 0.5) is 0 Å². The molecule has 1 atom stereocenters. The maximum absolute atomic E-state index is 5.48. The average Bonchev–Trinajstić information content (AvgIpc) is 3.21. The van der Waals surface area contributed by atoms with Crippen LogP contribution in [-0.2, 0) is 11.3 Å². The molecule has 4 aliphatic heterocycles. The number of rotatable bonds is 6. The van der Waals surface area contributed by atoms with Crippen LogP contribution in [0.3, 0.4) is 0 Å². The van der Waals surface area contributed by atoms with Crippen LogP contribution in [0.25, 0.3) is 0 Å². The Morgan fingerprint density at radius 2 is 1.97 bits per heavy atom. The molecule has 2 N–H and O–H groups in total. The highest BCUT2D eigenvalue weighted by Gasteiger charge is 2.35. The third kappa shape index (κ3) is 4.96. The number of thioether (sulfide) groups is 1. The summed E-state index contributed by atoms with van der Waals surface area (Å²) in [6.07, 6.45) is 2.04. The van der Waals surface area contributed by atoms with Crippen molar-refractivity contribution in [3.05, 3.63) is 47.2 Å². The fourth-order valence-electron chi connectivity index (χ4n) is 4.57. The second-order valence-electron chi connectivity index (χ2n) is 8.34. The smallest absolute Gasteiger partial charge is 0.247 e. The molecule has 0 aromatic heterocycles. The first-order chi connectivity index (χ1) is 15.3. The van der Waals surface area contributed by atoms with E-state index >= 15 is 0 Å². The Kier molecular flexibility index (Phi) is 6.56. The quantitative estimate of drug-likeness (QED) is 0.682. The summed E-state index contributed by atoms with van der Waals surface area (Å²) in [6.45, 7) is 9.41. The second-order valence-corrected chi connectivity index (χ2v) is 9.13. The van der Waals surface area contributed by atoms with Gasteiger partial charge in [-0.3, -0.25) is 15.2 Å². The first kappa shape index (κ1) is 21.0. The highest BCUT2D eigenvalue weighted by molar-refractivity contribution is 8.13. The number of hydrogen-bond acceptors (Lipinski definition) is 9. The van der Waals surface area contributed by atoms with Crippen LogP contribution in [0.5, 0.6) is 0 Å². The molecule has 5 rings (SSSR count). The van der Waals surface area contributed by atoms with Gasteiger partial charge in [-0.05, 0) is 17.4 Å². The van der Waals surface area contributed by atoms with E-state index in [1.807, 2.05) is 6.26 Å². The van der Waals surface area contributed by atoms with Crippen LogP contribution in [0.2, 0.25) is 0 Å². The van der Waals surface area contributed by atoms with E-state index in [2.05, 4.69) is 60.9 Å². The number of hydrazine groups is 1. The summed E-state index contributed by atoms with van der Waals surface area (Å²) in [5.41, 5.74) is 7.28. The Morgan fingerprint density at radius 3 is 2.77 bits per heavy atom. The van der Waals surface area contributed by atoms with Crippen LogP contribution in [0.1, 0.15) is 5.56 Å². The Labute approximate surface area is 188 Å². The molecule has 4 aliphatic rings. The molecule has 0 amide bonds. The topological polar surface area (TPSA) is 67.7 Å². The summed E-state index contributed by atoms with van der Waals surface area (Å²) >= 11 is 1.62. The molecular weight excluding hydrogens is 410 g/mol. The number of nitrogens with zero attached hydrogens (tertiary/aromatic N) is 5. The number of fused-ring (bicyclic) bond motifs is 1. The van der Waals surface area contributed by atoms with E-state index in [4.69, 9.17) is 9.73 Å². The summed E-state index contributed by atoms with van der Waals surface area (Å²) in [5, 5.41) is 6.79. The minimum Gasteiger partial charge on any atom is -0.379 e. The normalized spacial score (nSPS) is 24.4. The Hall–Kier alpha value is -1.91. The van der Waals surface area contributed by atoms with Crippen LogP contribution >= 0.6 is 11.8 Å². The molecule has 9 heteroatoms. The molecule has 0 saturated carbocycles. The summed E-state index contributed by atoms with van der Waals surface area (Å²) in [4.78, 5) is 14.6. The summed E-state index contributed by atoms with van der Waals surface area (Å²) in [5.74, 6) is 0.791. The number of benzene rings is 1. The fraction of sp³-hybridized carbons (Fsp3) is 0.545. The number of ether oxygens (including phenoxy) is 1. The van der Waals surface area contributed by atoms with E-state index < -0.39 is 0 Å². The third-order valence-corrected chi connectivity index (χ3v) is 6.72. The Morgan fingerprint density at radius 1 is 1.13 bits per heavy atom. The molecule has 0 aliphatic carbocycles. The number of morpholine rings is 1. The first-order valence-corrected chi connectivity index (χ1v) is 12.3. The zero-order valence-electron chi connectivity index (χ0n) is 18.1. The molecule has 8 nitrogen and oxygen atoms in total. The van der Waals surface area contributed by atoms with E-state index in [1.165, 1.54) is 16.8 Å². The SMILES string of the molecule is CSC1=NC2=NC3=C(CN(Cc4ccccc4)CC3NCCN3CCOCC3)CN2N1. The summed E-state index contributed by atoms with van der Waals surface area (Å²) in [7, 11) is 0. The number of guanidine groups is 1. The number of nitrogens with one attached hydrogen (secondary N) is 2. The van der Waals surface area contributed by atoms with Crippen molar-refractivity contribution < 1.29 is 4.74 Å². The molecule has 0 radical (unpaired) electrons. The molecule has 1 saturated heterocycles. The Balaban J connectivity index is 1.30. The lowest BCUT2D eigenvalue weighted by atomic mass is 9.99. The molecule has 0 bridgehead atoms. The monoisotopic (exact) mass is 441 g/mol. The van der Waals surface area contributed by atoms with Crippen molar-refractivity contribution in [2.24, 2.45) is 9.98 Å². The average molecular weight is 442 g/mol. The van der Waals surface area contributed by atoms with Gasteiger partial charge in [0.15, 0.2) is 5.17 Å². The molecule has 31 heavy (non-hydrogen) atoms. The lowest BCUT2D eigenvalue weighted by Gasteiger charge is -2.39. The van der Waals surface area contributed by atoms with Gasteiger partial charge in [-0.25, -0.2) is 10.0 Å². The van der Waals surface area contributed by atoms with Gasteiger partial charge in [0.2, 0.25) is 5.96 Å². The first-order valence-electron chi connectivity index (χ1n) is 11.1. The van der Waals surface area contributed by atoms with Crippen LogP contribution < -0.4 is 10.7 Å². The minimum atomic E-state index is 0.219. The zero-order chi connectivity index (χ0) is 21.0. The summed E-state index contributed by atoms with van der Waals surface area (Å²) in [6, 6.07) is 11.0. The van der Waals surface area contributed by atoms with Crippen molar-refractivity contribution in [1.82, 2.24) is 25.6 Å². The minimum absolute atomic E-state index is 0.219. The van der Waals surface area contributed by atoms with Gasteiger partial charge in [0.25, 0.3) is 0 Å². The largest absolute Gasteiger partial charge is 0.379 e. The summed E-state index contributed by atoms with van der Waals surface area (Å²) < 4.78 is 5.48. The van der Waals surface area contributed by atoms with Crippen molar-refractivity contribution in [3.8, 4) is 0 Å². The highest BCUT2D eigenvalue weighted by atomic mass is 32.2. The number of hydrogen-bond donors (Lipinski definition) is 2. The van der Waals surface area contributed by atoms with Gasteiger partial charge in [-0.15, -0.1) is 0 Å². The van der Waals surface area contributed by atoms with Crippen LogP contribution in [0, 0.1) is 0 Å². The molecule has 1 aromatic rings. The van der Waals surface area contributed by atoms with Crippen molar-refractivity contribution >= 4 is 22.9 Å². The molecule has 4 heterocycles. The number of aliphatic imine (C=N–C) groups is 2. The molecule has 1 unspecified atom stereocenters. The van der Waals surface area contributed by atoms with E-state index in [9.17, 15) is 0 Å². The van der Waals surface area contributed by atoms with Crippen molar-refractivity contribution in [1.29, 1.82) is 0 Å². The van der Waals surface area contributed by atoms with Gasteiger partial charge in [0, 0.05) is 45.8 Å². The van der Waals surface area contributed by atoms with Gasteiger partial charge >= 0.3 is 0 Å². The number of amidine groups is 1. The van der Waals surface area contributed by atoms with E-state index in [0.717, 1.165) is 76.7 Å². The van der Waals surface area contributed by atoms with Crippen molar-refractivity contribution in [2.75, 3.05) is 65.3 Å². The van der Waals surface area contributed by atoms with Crippen LogP contribution in [-0.4, -0.2) is 97.3 Å². The fourth-order valence-corrected chi connectivity index (χ4v) is 4.94. The molecule has 1 fully saturated rings. The van der Waals surface area contributed by atoms with E-state index in [1.54, 1.807) is 11.8 Å². The van der Waals surface area contributed by atoms with Gasteiger partial charge < -0.3 is 10.1 Å². The standard InChI is InChI=1S/C22H31N7OS/c1-31-22-25-21-24-20-18(15-29(21)26-22)14-28(13-17-5-3-2-4-6-17)16-19(20)23-7-8-27-9-11-30-12-10-27/h2-6,19,23H,7-16H2,1H3,(H,24,25,26). The lowest BCUT2D eigenvalue weighted by molar-refractivity contribution is 0.0380. The zero-order valence-corrected chi connectivity index (χ0v) is 18.9. The molecule has 166 valence electrons. The maximum Gasteiger partial charge on any atom is 0.247 e. The second kappa shape index (κ2) is 9.70. The van der Waals surface area contributed by atoms with Gasteiger partial charge in [-0.1, -0.05) is 42.1 Å². The lowest BCUT2D eigenvalue weighted by Crippen LogP contribution is -2.53. The molecule has 1 aromatic carbocycles. The van der Waals surface area contributed by atoms with Gasteiger partial charge in [0.05, 0.1) is 31.5 Å². The van der Waals surface area contributed by atoms with Crippen molar-refractivity contribution in [2.45, 2.75) is 12.6 Å². The van der Waals surface area contributed by atoms with E-state index in [0.29, 0.717) is 0 Å². The predicted octanol–water partition coefficient (Wildman–Crippen LogP) is 0.956. The van der Waals surface area contributed by atoms with E-state index in [-0.39, 0.29) is 6.04 Å².